The predicted octanol–water partition coefficient (Wildman–Crippen LogP) is 3.56. The zero-order valence-corrected chi connectivity index (χ0v) is 11.5. The lowest BCUT2D eigenvalue weighted by Crippen LogP contribution is -2.39. The van der Waals surface area contributed by atoms with Crippen molar-refractivity contribution in [1.82, 2.24) is 9.97 Å². The van der Waals surface area contributed by atoms with Crippen molar-refractivity contribution in [3.05, 3.63) is 17.8 Å². The molecular formula is C14H22FN3. The summed E-state index contributed by atoms with van der Waals surface area (Å²) < 4.78 is 14.1. The van der Waals surface area contributed by atoms with Gasteiger partial charge in [-0.3, -0.25) is 0 Å². The Bertz CT molecular complexity index is 418. The van der Waals surface area contributed by atoms with Gasteiger partial charge in [-0.1, -0.05) is 33.6 Å². The van der Waals surface area contributed by atoms with Crippen molar-refractivity contribution in [1.29, 1.82) is 0 Å². The van der Waals surface area contributed by atoms with Crippen molar-refractivity contribution >= 4 is 5.82 Å². The number of aryl methyl sites for hydroxylation is 1. The molecule has 0 aliphatic heterocycles. The number of hydrogen-bond acceptors (Lipinski definition) is 3. The second-order valence-corrected chi connectivity index (χ2v) is 5.77. The highest BCUT2D eigenvalue weighted by Crippen LogP contribution is 2.37. The Morgan fingerprint density at radius 2 is 2.17 bits per heavy atom. The van der Waals surface area contributed by atoms with Crippen LogP contribution in [-0.2, 0) is 6.42 Å². The third-order valence-electron chi connectivity index (χ3n) is 4.01. The largest absolute Gasteiger partial charge is 0.364 e. The lowest BCUT2D eigenvalue weighted by Gasteiger charge is -2.39. The van der Waals surface area contributed by atoms with Gasteiger partial charge in [0.25, 0.3) is 0 Å². The molecule has 0 radical (unpaired) electrons. The van der Waals surface area contributed by atoms with Crippen molar-refractivity contribution in [2.75, 3.05) is 5.32 Å². The molecule has 0 amide bonds. The highest BCUT2D eigenvalue weighted by atomic mass is 19.1. The first-order chi connectivity index (χ1) is 8.54. The van der Waals surface area contributed by atoms with Gasteiger partial charge in [0.15, 0.2) is 11.6 Å². The van der Waals surface area contributed by atoms with E-state index in [1.165, 1.54) is 25.6 Å². The van der Waals surface area contributed by atoms with E-state index in [4.69, 9.17) is 0 Å². The van der Waals surface area contributed by atoms with Crippen molar-refractivity contribution in [2.24, 2.45) is 5.41 Å². The summed E-state index contributed by atoms with van der Waals surface area (Å²) in [7, 11) is 0. The highest BCUT2D eigenvalue weighted by molar-refractivity contribution is 5.39. The van der Waals surface area contributed by atoms with Gasteiger partial charge in [0.2, 0.25) is 0 Å². The Labute approximate surface area is 108 Å². The SMILES string of the molecule is CCc1ncnc(NC2CCCCC2(C)C)c1F. The molecule has 1 aromatic rings. The molecule has 3 nitrogen and oxygen atoms in total. The topological polar surface area (TPSA) is 37.8 Å². The molecule has 0 bridgehead atoms. The fraction of sp³-hybridized carbons (Fsp3) is 0.714. The summed E-state index contributed by atoms with van der Waals surface area (Å²) in [6.45, 7) is 6.38. The number of aromatic nitrogens is 2. The number of halogens is 1. The monoisotopic (exact) mass is 251 g/mol. The average Bonchev–Trinajstić information content (AvgIpc) is 2.34. The molecule has 0 aromatic carbocycles. The molecule has 2 rings (SSSR count). The Morgan fingerprint density at radius 1 is 1.39 bits per heavy atom. The molecule has 1 atom stereocenters. The van der Waals surface area contributed by atoms with E-state index in [2.05, 4.69) is 29.1 Å². The Kier molecular flexibility index (Phi) is 3.83. The van der Waals surface area contributed by atoms with Gasteiger partial charge >= 0.3 is 0 Å². The molecule has 1 fully saturated rings. The molecule has 100 valence electrons. The normalized spacial score (nSPS) is 22.8. The van der Waals surface area contributed by atoms with E-state index in [-0.39, 0.29) is 11.2 Å². The molecule has 0 saturated heterocycles. The minimum Gasteiger partial charge on any atom is -0.364 e. The molecule has 18 heavy (non-hydrogen) atoms. The fourth-order valence-electron chi connectivity index (χ4n) is 2.68. The molecule has 1 N–H and O–H groups in total. The van der Waals surface area contributed by atoms with Gasteiger partial charge in [-0.2, -0.15) is 0 Å². The van der Waals surface area contributed by atoms with Crippen molar-refractivity contribution in [2.45, 2.75) is 58.9 Å². The average molecular weight is 251 g/mol. The van der Waals surface area contributed by atoms with Gasteiger partial charge < -0.3 is 5.32 Å². The molecule has 1 heterocycles. The van der Waals surface area contributed by atoms with Crippen LogP contribution >= 0.6 is 0 Å². The van der Waals surface area contributed by atoms with Gasteiger partial charge in [-0.15, -0.1) is 0 Å². The summed E-state index contributed by atoms with van der Waals surface area (Å²) in [6, 6.07) is 0.292. The van der Waals surface area contributed by atoms with Crippen LogP contribution in [-0.4, -0.2) is 16.0 Å². The summed E-state index contributed by atoms with van der Waals surface area (Å²) in [5, 5.41) is 3.29. The molecule has 1 aromatic heterocycles. The van der Waals surface area contributed by atoms with E-state index in [9.17, 15) is 4.39 Å². The number of hydrogen-bond donors (Lipinski definition) is 1. The fourth-order valence-corrected chi connectivity index (χ4v) is 2.68. The Balaban J connectivity index is 2.18. The molecular weight excluding hydrogens is 229 g/mol. The highest BCUT2D eigenvalue weighted by Gasteiger charge is 2.32. The minimum atomic E-state index is -0.290. The quantitative estimate of drug-likeness (QED) is 0.892. The van der Waals surface area contributed by atoms with Crippen LogP contribution in [0.15, 0.2) is 6.33 Å². The molecule has 1 aliphatic rings. The number of anilines is 1. The van der Waals surface area contributed by atoms with E-state index in [0.29, 0.717) is 24.0 Å². The number of nitrogens with one attached hydrogen (secondary N) is 1. The molecule has 4 heteroatoms. The second-order valence-electron chi connectivity index (χ2n) is 5.77. The summed E-state index contributed by atoms with van der Waals surface area (Å²) in [5.74, 6) is 0.0724. The Morgan fingerprint density at radius 3 is 2.83 bits per heavy atom. The lowest BCUT2D eigenvalue weighted by atomic mass is 9.73. The van der Waals surface area contributed by atoms with Gasteiger partial charge in [0, 0.05) is 6.04 Å². The van der Waals surface area contributed by atoms with Gasteiger partial charge in [0.05, 0.1) is 5.69 Å². The van der Waals surface area contributed by atoms with E-state index in [1.807, 2.05) is 6.92 Å². The predicted molar refractivity (Wildman–Crippen MR) is 71.0 cm³/mol. The smallest absolute Gasteiger partial charge is 0.186 e. The maximum absolute atomic E-state index is 14.1. The van der Waals surface area contributed by atoms with E-state index < -0.39 is 0 Å². The van der Waals surface area contributed by atoms with Crippen LogP contribution in [0.25, 0.3) is 0 Å². The Hall–Kier alpha value is -1.19. The van der Waals surface area contributed by atoms with Crippen LogP contribution in [0.2, 0.25) is 0 Å². The van der Waals surface area contributed by atoms with E-state index in [0.717, 1.165) is 6.42 Å². The number of rotatable bonds is 3. The maximum Gasteiger partial charge on any atom is 0.186 e. The third kappa shape index (κ3) is 2.62. The van der Waals surface area contributed by atoms with E-state index in [1.54, 1.807) is 0 Å². The van der Waals surface area contributed by atoms with Gasteiger partial charge in [-0.05, 0) is 24.7 Å². The van der Waals surface area contributed by atoms with Crippen LogP contribution in [0.5, 0.6) is 0 Å². The van der Waals surface area contributed by atoms with Crippen LogP contribution in [0.4, 0.5) is 10.2 Å². The zero-order valence-electron chi connectivity index (χ0n) is 11.5. The first-order valence-electron chi connectivity index (χ1n) is 6.80. The van der Waals surface area contributed by atoms with Crippen LogP contribution < -0.4 is 5.32 Å². The van der Waals surface area contributed by atoms with E-state index >= 15 is 0 Å². The summed E-state index contributed by atoms with van der Waals surface area (Å²) in [5.41, 5.74) is 0.684. The molecule has 1 unspecified atom stereocenters. The summed E-state index contributed by atoms with van der Waals surface area (Å²) >= 11 is 0. The van der Waals surface area contributed by atoms with Gasteiger partial charge in [-0.25, -0.2) is 14.4 Å². The summed E-state index contributed by atoms with van der Waals surface area (Å²) in [6.07, 6.45) is 6.76. The van der Waals surface area contributed by atoms with Crippen molar-refractivity contribution in [3.8, 4) is 0 Å². The van der Waals surface area contributed by atoms with Crippen LogP contribution in [0, 0.1) is 11.2 Å². The maximum atomic E-state index is 14.1. The first kappa shape index (κ1) is 13.2. The third-order valence-corrected chi connectivity index (χ3v) is 4.01. The van der Waals surface area contributed by atoms with Crippen molar-refractivity contribution in [3.63, 3.8) is 0 Å². The van der Waals surface area contributed by atoms with Crippen LogP contribution in [0.3, 0.4) is 0 Å². The molecule has 1 saturated carbocycles. The molecule has 1 aliphatic carbocycles. The van der Waals surface area contributed by atoms with Crippen molar-refractivity contribution < 1.29 is 4.39 Å². The minimum absolute atomic E-state index is 0.196. The second kappa shape index (κ2) is 5.21. The number of nitrogens with zero attached hydrogens (tertiary/aromatic N) is 2. The zero-order chi connectivity index (χ0) is 13.2. The van der Waals surface area contributed by atoms with Crippen LogP contribution in [0.1, 0.15) is 52.1 Å². The standard InChI is InChI=1S/C14H22FN3/c1-4-10-12(15)13(17-9-16-10)18-11-7-5-6-8-14(11,2)3/h9,11H,4-8H2,1-3H3,(H,16,17,18). The summed E-state index contributed by atoms with van der Waals surface area (Å²) in [4.78, 5) is 8.01. The molecule has 0 spiro atoms. The first-order valence-corrected chi connectivity index (χ1v) is 6.80. The lowest BCUT2D eigenvalue weighted by molar-refractivity contribution is 0.216. The van der Waals surface area contributed by atoms with Gasteiger partial charge in [0.1, 0.15) is 6.33 Å².